The van der Waals surface area contributed by atoms with Gasteiger partial charge in [-0.1, -0.05) is 0 Å². The van der Waals surface area contributed by atoms with Crippen LogP contribution in [0.5, 0.6) is 0 Å². The lowest BCUT2D eigenvalue weighted by Crippen LogP contribution is -2.06. The summed E-state index contributed by atoms with van der Waals surface area (Å²) in [6, 6.07) is 0. The molecule has 0 aromatic carbocycles. The van der Waals surface area contributed by atoms with Crippen molar-refractivity contribution in [2.75, 3.05) is 5.73 Å². The summed E-state index contributed by atoms with van der Waals surface area (Å²) < 4.78 is 0. The van der Waals surface area contributed by atoms with E-state index in [1.807, 2.05) is 0 Å². The smallest absolute Gasteiger partial charge is 0.308 e. The highest BCUT2D eigenvalue weighted by molar-refractivity contribution is 5.71. The van der Waals surface area contributed by atoms with Gasteiger partial charge in [-0.15, -0.1) is 0 Å². The molecule has 1 aromatic rings. The van der Waals surface area contributed by atoms with Gasteiger partial charge in [-0.2, -0.15) is 0 Å². The van der Waals surface area contributed by atoms with Crippen molar-refractivity contribution in [3.63, 3.8) is 0 Å². The number of carbonyl (C=O) groups is 1. The van der Waals surface area contributed by atoms with Gasteiger partial charge in [0.25, 0.3) is 0 Å². The highest BCUT2D eigenvalue weighted by atomic mass is 16.4. The molecular formula is C7H9N3O2. The lowest BCUT2D eigenvalue weighted by atomic mass is 10.2. The molecule has 0 fully saturated rings. The quantitative estimate of drug-likeness (QED) is 0.646. The van der Waals surface area contributed by atoms with Crippen LogP contribution in [0.4, 0.5) is 5.82 Å². The van der Waals surface area contributed by atoms with Crippen LogP contribution in [-0.4, -0.2) is 21.0 Å². The molecule has 5 heteroatoms. The van der Waals surface area contributed by atoms with Crippen LogP contribution >= 0.6 is 0 Å². The molecular weight excluding hydrogens is 158 g/mol. The molecule has 0 saturated heterocycles. The maximum Gasteiger partial charge on any atom is 0.308 e. The summed E-state index contributed by atoms with van der Waals surface area (Å²) in [4.78, 5) is 18.0. The van der Waals surface area contributed by atoms with Gasteiger partial charge in [-0.25, -0.2) is 9.97 Å². The van der Waals surface area contributed by atoms with E-state index in [4.69, 9.17) is 10.8 Å². The Balaban J connectivity index is 2.93. The molecule has 1 aromatic heterocycles. The minimum atomic E-state index is -0.936. The molecule has 3 N–H and O–H groups in total. The number of nitrogens with two attached hydrogens (primary N) is 1. The van der Waals surface area contributed by atoms with E-state index in [0.29, 0.717) is 11.4 Å². The molecule has 1 heterocycles. The number of aryl methyl sites for hydroxylation is 1. The van der Waals surface area contributed by atoms with Gasteiger partial charge in [0, 0.05) is 11.8 Å². The van der Waals surface area contributed by atoms with Crippen LogP contribution in [0.25, 0.3) is 0 Å². The molecule has 0 amide bonds. The number of anilines is 1. The predicted molar refractivity (Wildman–Crippen MR) is 42.5 cm³/mol. The molecule has 0 aliphatic carbocycles. The van der Waals surface area contributed by atoms with Crippen LogP contribution < -0.4 is 5.73 Å². The fraction of sp³-hybridized carbons (Fsp3) is 0.286. The fourth-order valence-corrected chi connectivity index (χ4v) is 0.812. The average Bonchev–Trinajstić information content (AvgIpc) is 1.94. The maximum absolute atomic E-state index is 10.3. The monoisotopic (exact) mass is 167 g/mol. The lowest BCUT2D eigenvalue weighted by molar-refractivity contribution is -0.136. The van der Waals surface area contributed by atoms with Crippen molar-refractivity contribution in [2.45, 2.75) is 13.3 Å². The average molecular weight is 167 g/mol. The summed E-state index contributed by atoms with van der Waals surface area (Å²) in [5.41, 5.74) is 5.91. The number of nitrogens with zero attached hydrogens (tertiary/aromatic N) is 2. The van der Waals surface area contributed by atoms with Crippen LogP contribution in [0.15, 0.2) is 6.20 Å². The Labute approximate surface area is 69.3 Å². The van der Waals surface area contributed by atoms with E-state index in [9.17, 15) is 4.79 Å². The largest absolute Gasteiger partial charge is 0.481 e. The van der Waals surface area contributed by atoms with Crippen LogP contribution in [0, 0.1) is 6.92 Å². The Kier molecular flexibility index (Phi) is 2.23. The zero-order valence-electron chi connectivity index (χ0n) is 6.61. The lowest BCUT2D eigenvalue weighted by Gasteiger charge is -2.00. The second-order valence-corrected chi connectivity index (χ2v) is 2.40. The first-order valence-electron chi connectivity index (χ1n) is 3.39. The molecule has 0 bridgehead atoms. The highest BCUT2D eigenvalue weighted by Crippen LogP contribution is 2.07. The van der Waals surface area contributed by atoms with Gasteiger partial charge in [0.05, 0.1) is 6.42 Å². The Morgan fingerprint density at radius 2 is 2.42 bits per heavy atom. The normalized spacial score (nSPS) is 9.75. The van der Waals surface area contributed by atoms with Crippen molar-refractivity contribution < 1.29 is 9.90 Å². The van der Waals surface area contributed by atoms with Gasteiger partial charge in [-0.05, 0) is 6.92 Å². The summed E-state index contributed by atoms with van der Waals surface area (Å²) >= 11 is 0. The Bertz CT molecular complexity index is 312. The molecule has 0 spiro atoms. The molecule has 64 valence electrons. The van der Waals surface area contributed by atoms with Crippen molar-refractivity contribution in [3.8, 4) is 0 Å². The number of aromatic nitrogens is 2. The molecule has 0 aliphatic heterocycles. The van der Waals surface area contributed by atoms with Gasteiger partial charge < -0.3 is 10.8 Å². The van der Waals surface area contributed by atoms with Crippen molar-refractivity contribution in [2.24, 2.45) is 0 Å². The van der Waals surface area contributed by atoms with Gasteiger partial charge in [0.15, 0.2) is 0 Å². The van der Waals surface area contributed by atoms with Gasteiger partial charge in [0.2, 0.25) is 0 Å². The molecule has 0 atom stereocenters. The van der Waals surface area contributed by atoms with E-state index < -0.39 is 5.97 Å². The molecule has 1 rings (SSSR count). The molecule has 0 aliphatic rings. The Morgan fingerprint density at radius 3 is 2.92 bits per heavy atom. The first-order chi connectivity index (χ1) is 5.59. The third kappa shape index (κ3) is 1.91. The summed E-state index contributed by atoms with van der Waals surface area (Å²) in [6.45, 7) is 1.70. The van der Waals surface area contributed by atoms with Crippen molar-refractivity contribution in [3.05, 3.63) is 17.6 Å². The summed E-state index contributed by atoms with van der Waals surface area (Å²) in [5, 5.41) is 8.45. The van der Waals surface area contributed by atoms with E-state index in [1.165, 1.54) is 6.20 Å². The van der Waals surface area contributed by atoms with Crippen molar-refractivity contribution in [1.29, 1.82) is 0 Å². The van der Waals surface area contributed by atoms with Crippen molar-refractivity contribution >= 4 is 11.8 Å². The van der Waals surface area contributed by atoms with E-state index in [-0.39, 0.29) is 12.2 Å². The Hall–Kier alpha value is -1.65. The molecule has 12 heavy (non-hydrogen) atoms. The highest BCUT2D eigenvalue weighted by Gasteiger charge is 2.05. The third-order valence-electron chi connectivity index (χ3n) is 1.36. The molecule has 5 nitrogen and oxygen atoms in total. The van der Waals surface area contributed by atoms with Crippen LogP contribution in [-0.2, 0) is 11.2 Å². The van der Waals surface area contributed by atoms with Crippen molar-refractivity contribution in [1.82, 2.24) is 9.97 Å². The first kappa shape index (κ1) is 8.45. The third-order valence-corrected chi connectivity index (χ3v) is 1.36. The molecule has 0 saturated carbocycles. The van der Waals surface area contributed by atoms with Gasteiger partial charge in [-0.3, -0.25) is 4.79 Å². The summed E-state index contributed by atoms with van der Waals surface area (Å²) in [5.74, 6) is -0.152. The number of hydrogen-bond donors (Lipinski definition) is 2. The van der Waals surface area contributed by atoms with E-state index >= 15 is 0 Å². The second kappa shape index (κ2) is 3.17. The second-order valence-electron chi connectivity index (χ2n) is 2.40. The zero-order valence-corrected chi connectivity index (χ0v) is 6.61. The molecule has 0 unspecified atom stereocenters. The summed E-state index contributed by atoms with van der Waals surface area (Å²) in [6.07, 6.45) is 1.30. The minimum absolute atomic E-state index is 0.133. The SMILES string of the molecule is Cc1ncc(CC(=O)O)c(N)n1. The number of hydrogen-bond acceptors (Lipinski definition) is 4. The van der Waals surface area contributed by atoms with E-state index in [2.05, 4.69) is 9.97 Å². The van der Waals surface area contributed by atoms with Gasteiger partial charge >= 0.3 is 5.97 Å². The van der Waals surface area contributed by atoms with E-state index in [1.54, 1.807) is 6.92 Å². The first-order valence-corrected chi connectivity index (χ1v) is 3.39. The van der Waals surface area contributed by atoms with Crippen LogP contribution in [0.2, 0.25) is 0 Å². The standard InChI is InChI=1S/C7H9N3O2/c1-4-9-3-5(2-6(11)12)7(8)10-4/h3H,2H2,1H3,(H,11,12)(H2,8,9,10). The number of aliphatic carboxylic acids is 1. The van der Waals surface area contributed by atoms with E-state index in [0.717, 1.165) is 0 Å². The number of carboxylic acids is 1. The number of carboxylic acid groups (broad SMARTS) is 1. The summed E-state index contributed by atoms with van der Waals surface area (Å²) in [7, 11) is 0. The fourth-order valence-electron chi connectivity index (χ4n) is 0.812. The molecule has 0 radical (unpaired) electrons. The van der Waals surface area contributed by atoms with Crippen LogP contribution in [0.3, 0.4) is 0 Å². The Morgan fingerprint density at radius 1 is 1.75 bits per heavy atom. The van der Waals surface area contributed by atoms with Gasteiger partial charge in [0.1, 0.15) is 11.6 Å². The number of rotatable bonds is 2. The topological polar surface area (TPSA) is 89.1 Å². The van der Waals surface area contributed by atoms with Crippen LogP contribution in [0.1, 0.15) is 11.4 Å². The maximum atomic E-state index is 10.3. The predicted octanol–water partition coefficient (Wildman–Crippen LogP) is -0.00568. The number of nitrogen functional groups attached to an aromatic ring is 1. The minimum Gasteiger partial charge on any atom is -0.481 e. The zero-order chi connectivity index (χ0) is 9.14.